The Morgan fingerprint density at radius 2 is 2.42 bits per heavy atom. The Hall–Kier alpha value is -0.570. The monoisotopic (exact) mass is 171 g/mol. The summed E-state index contributed by atoms with van der Waals surface area (Å²) in [6, 6.07) is 0. The van der Waals surface area contributed by atoms with E-state index in [4.69, 9.17) is 5.11 Å². The van der Waals surface area contributed by atoms with E-state index in [2.05, 4.69) is 12.2 Å². The number of hydrogen-bond donors (Lipinski definition) is 2. The highest BCUT2D eigenvalue weighted by Crippen LogP contribution is 2.36. The Morgan fingerprint density at radius 3 is 2.75 bits per heavy atom. The van der Waals surface area contributed by atoms with Crippen molar-refractivity contribution in [1.29, 1.82) is 0 Å². The average molecular weight is 171 g/mol. The van der Waals surface area contributed by atoms with E-state index < -0.39 is 5.97 Å². The van der Waals surface area contributed by atoms with E-state index in [1.165, 1.54) is 0 Å². The first-order valence-corrected chi connectivity index (χ1v) is 4.49. The van der Waals surface area contributed by atoms with Gasteiger partial charge >= 0.3 is 5.97 Å². The van der Waals surface area contributed by atoms with Crippen molar-refractivity contribution in [3.05, 3.63) is 0 Å². The van der Waals surface area contributed by atoms with Gasteiger partial charge in [-0.3, -0.25) is 4.79 Å². The Labute approximate surface area is 73.2 Å². The van der Waals surface area contributed by atoms with Crippen LogP contribution in [0.5, 0.6) is 0 Å². The second-order valence-corrected chi connectivity index (χ2v) is 3.95. The minimum atomic E-state index is -0.696. The first kappa shape index (κ1) is 9.52. The molecule has 70 valence electrons. The fraction of sp³-hybridized carbons (Fsp3) is 0.889. The van der Waals surface area contributed by atoms with Crippen molar-refractivity contribution in [2.75, 3.05) is 7.05 Å². The second kappa shape index (κ2) is 3.44. The minimum absolute atomic E-state index is 0.120. The first-order chi connectivity index (χ1) is 5.58. The van der Waals surface area contributed by atoms with E-state index in [-0.39, 0.29) is 12.0 Å². The predicted octanol–water partition coefficient (Wildman–Crippen LogP) is 1.24. The predicted molar refractivity (Wildman–Crippen MR) is 47.1 cm³/mol. The maximum absolute atomic E-state index is 10.6. The van der Waals surface area contributed by atoms with Gasteiger partial charge in [0, 0.05) is 5.54 Å². The number of aliphatic carboxylic acids is 1. The van der Waals surface area contributed by atoms with Crippen LogP contribution in [-0.4, -0.2) is 23.7 Å². The molecule has 2 atom stereocenters. The Morgan fingerprint density at radius 1 is 1.75 bits per heavy atom. The molecule has 1 fully saturated rings. The number of rotatable bonds is 3. The van der Waals surface area contributed by atoms with Crippen LogP contribution < -0.4 is 5.32 Å². The standard InChI is InChI=1S/C9H17NO2/c1-7-3-4-9(5-7,10-2)6-8(11)12/h7,10H,3-6H2,1-2H3,(H,11,12). The molecule has 1 aliphatic carbocycles. The molecule has 0 heterocycles. The number of carbonyl (C=O) groups is 1. The topological polar surface area (TPSA) is 49.3 Å². The van der Waals surface area contributed by atoms with Crippen LogP contribution in [0.25, 0.3) is 0 Å². The smallest absolute Gasteiger partial charge is 0.305 e. The molecule has 3 nitrogen and oxygen atoms in total. The average Bonchev–Trinajstić information content (AvgIpc) is 2.32. The highest BCUT2D eigenvalue weighted by Gasteiger charge is 2.37. The highest BCUT2D eigenvalue weighted by molar-refractivity contribution is 5.68. The van der Waals surface area contributed by atoms with Gasteiger partial charge < -0.3 is 10.4 Å². The molecule has 3 heteroatoms. The van der Waals surface area contributed by atoms with E-state index in [1.54, 1.807) is 0 Å². The fourth-order valence-electron chi connectivity index (χ4n) is 2.16. The molecule has 0 aromatic rings. The number of carboxylic acid groups (broad SMARTS) is 1. The fourth-order valence-corrected chi connectivity index (χ4v) is 2.16. The van der Waals surface area contributed by atoms with Crippen molar-refractivity contribution in [3.63, 3.8) is 0 Å². The van der Waals surface area contributed by atoms with Crippen molar-refractivity contribution in [3.8, 4) is 0 Å². The van der Waals surface area contributed by atoms with E-state index in [0.717, 1.165) is 19.3 Å². The molecule has 0 aromatic carbocycles. The molecular formula is C9H17NO2. The molecule has 1 rings (SSSR count). The van der Waals surface area contributed by atoms with Crippen LogP contribution in [0, 0.1) is 5.92 Å². The maximum Gasteiger partial charge on any atom is 0.305 e. The van der Waals surface area contributed by atoms with Gasteiger partial charge in [-0.2, -0.15) is 0 Å². The Kier molecular flexibility index (Phi) is 2.73. The van der Waals surface area contributed by atoms with E-state index in [9.17, 15) is 4.79 Å². The van der Waals surface area contributed by atoms with Gasteiger partial charge in [0.25, 0.3) is 0 Å². The van der Waals surface area contributed by atoms with Crippen LogP contribution in [0.15, 0.2) is 0 Å². The lowest BCUT2D eigenvalue weighted by atomic mass is 9.92. The molecule has 0 amide bonds. The third-order valence-corrected chi connectivity index (χ3v) is 2.87. The third-order valence-electron chi connectivity index (χ3n) is 2.87. The van der Waals surface area contributed by atoms with Gasteiger partial charge in [0.2, 0.25) is 0 Å². The largest absolute Gasteiger partial charge is 0.481 e. The van der Waals surface area contributed by atoms with Crippen LogP contribution >= 0.6 is 0 Å². The summed E-state index contributed by atoms with van der Waals surface area (Å²) in [4.78, 5) is 10.6. The minimum Gasteiger partial charge on any atom is -0.481 e. The number of nitrogens with one attached hydrogen (secondary N) is 1. The zero-order valence-electron chi connectivity index (χ0n) is 7.76. The van der Waals surface area contributed by atoms with Crippen molar-refractivity contribution < 1.29 is 9.90 Å². The van der Waals surface area contributed by atoms with Crippen LogP contribution in [0.2, 0.25) is 0 Å². The molecule has 0 aliphatic heterocycles. The summed E-state index contributed by atoms with van der Waals surface area (Å²) in [5.74, 6) is -0.0322. The van der Waals surface area contributed by atoms with Crippen LogP contribution in [0.3, 0.4) is 0 Å². The molecule has 0 saturated heterocycles. The molecule has 2 N–H and O–H groups in total. The van der Waals surface area contributed by atoms with Gasteiger partial charge in [0.1, 0.15) is 0 Å². The zero-order chi connectivity index (χ0) is 9.19. The lowest BCUT2D eigenvalue weighted by Gasteiger charge is -2.26. The molecule has 2 unspecified atom stereocenters. The summed E-state index contributed by atoms with van der Waals surface area (Å²) in [5.41, 5.74) is -0.120. The van der Waals surface area contributed by atoms with E-state index >= 15 is 0 Å². The summed E-state index contributed by atoms with van der Waals surface area (Å²) < 4.78 is 0. The van der Waals surface area contributed by atoms with E-state index in [1.807, 2.05) is 7.05 Å². The zero-order valence-corrected chi connectivity index (χ0v) is 7.76. The third kappa shape index (κ3) is 1.97. The molecule has 0 radical (unpaired) electrons. The number of hydrogen-bond acceptors (Lipinski definition) is 2. The second-order valence-electron chi connectivity index (χ2n) is 3.95. The quantitative estimate of drug-likeness (QED) is 0.671. The number of carboxylic acids is 1. The van der Waals surface area contributed by atoms with Crippen molar-refractivity contribution in [2.45, 2.75) is 38.1 Å². The molecule has 1 saturated carbocycles. The van der Waals surface area contributed by atoms with Crippen LogP contribution in [-0.2, 0) is 4.79 Å². The van der Waals surface area contributed by atoms with Crippen LogP contribution in [0.4, 0.5) is 0 Å². The maximum atomic E-state index is 10.6. The summed E-state index contributed by atoms with van der Waals surface area (Å²) in [7, 11) is 1.86. The summed E-state index contributed by atoms with van der Waals surface area (Å²) in [6.07, 6.45) is 3.40. The van der Waals surface area contributed by atoms with Crippen molar-refractivity contribution in [2.24, 2.45) is 5.92 Å². The Balaban J connectivity index is 2.58. The van der Waals surface area contributed by atoms with Gasteiger partial charge in [0.15, 0.2) is 0 Å². The van der Waals surface area contributed by atoms with Crippen molar-refractivity contribution >= 4 is 5.97 Å². The normalized spacial score (nSPS) is 35.3. The SMILES string of the molecule is CNC1(CC(=O)O)CCC(C)C1. The van der Waals surface area contributed by atoms with E-state index in [0.29, 0.717) is 5.92 Å². The molecule has 1 aliphatic rings. The van der Waals surface area contributed by atoms with Gasteiger partial charge in [0.05, 0.1) is 6.42 Å². The van der Waals surface area contributed by atoms with Gasteiger partial charge in [-0.25, -0.2) is 0 Å². The summed E-state index contributed by atoms with van der Waals surface area (Å²) in [6.45, 7) is 2.18. The van der Waals surface area contributed by atoms with Gasteiger partial charge in [-0.05, 0) is 32.2 Å². The summed E-state index contributed by atoms with van der Waals surface area (Å²) >= 11 is 0. The molecular weight excluding hydrogens is 154 g/mol. The lowest BCUT2D eigenvalue weighted by Crippen LogP contribution is -2.42. The molecule has 0 spiro atoms. The molecule has 0 aromatic heterocycles. The molecule has 0 bridgehead atoms. The van der Waals surface area contributed by atoms with Gasteiger partial charge in [-0.15, -0.1) is 0 Å². The Bertz CT molecular complexity index is 181. The first-order valence-electron chi connectivity index (χ1n) is 4.49. The highest BCUT2D eigenvalue weighted by atomic mass is 16.4. The van der Waals surface area contributed by atoms with Crippen LogP contribution in [0.1, 0.15) is 32.6 Å². The summed E-state index contributed by atoms with van der Waals surface area (Å²) in [5, 5.41) is 11.9. The van der Waals surface area contributed by atoms with Gasteiger partial charge in [-0.1, -0.05) is 6.92 Å². The van der Waals surface area contributed by atoms with Crippen molar-refractivity contribution in [1.82, 2.24) is 5.32 Å². The lowest BCUT2D eigenvalue weighted by molar-refractivity contribution is -0.138. The molecule has 12 heavy (non-hydrogen) atoms.